The highest BCUT2D eigenvalue weighted by Gasteiger charge is 2.15. The molecule has 0 atom stereocenters. The quantitative estimate of drug-likeness (QED) is 0.350. The summed E-state index contributed by atoms with van der Waals surface area (Å²) < 4.78 is 5.11. The Morgan fingerprint density at radius 1 is 0.629 bits per heavy atom. The summed E-state index contributed by atoms with van der Waals surface area (Å²) >= 11 is 0. The van der Waals surface area contributed by atoms with E-state index in [1.165, 1.54) is 0 Å². The Balaban J connectivity index is 1.66. The minimum absolute atomic E-state index is 0.447. The third-order valence-electron chi connectivity index (χ3n) is 5.43. The van der Waals surface area contributed by atoms with E-state index in [9.17, 15) is 5.26 Å². The summed E-state index contributed by atoms with van der Waals surface area (Å²) in [5, 5.41) is 18.9. The maximum absolute atomic E-state index is 9.86. The molecule has 0 unspecified atom stereocenters. The smallest absolute Gasteiger partial charge is 0.537 e. The Morgan fingerprint density at radius 2 is 1.20 bits per heavy atom. The van der Waals surface area contributed by atoms with Gasteiger partial charge in [-0.2, -0.15) is 5.26 Å². The van der Waals surface area contributed by atoms with Crippen molar-refractivity contribution in [2.45, 2.75) is 0 Å². The normalized spacial score (nSPS) is 10.4. The molecule has 35 heavy (non-hydrogen) atoms. The predicted octanol–water partition coefficient (Wildman–Crippen LogP) is 5.32. The minimum Gasteiger partial charge on any atom is -0.537 e. The second-order valence-corrected chi connectivity index (χ2v) is 7.66. The first-order chi connectivity index (χ1) is 17.2. The zero-order valence-electron chi connectivity index (χ0n) is 18.5. The number of benzene rings is 4. The van der Waals surface area contributed by atoms with Gasteiger partial charge in [0, 0.05) is 16.7 Å². The molecule has 1 heterocycles. The van der Waals surface area contributed by atoms with Crippen LogP contribution in [0.15, 0.2) is 103 Å². The van der Waals surface area contributed by atoms with E-state index in [0.717, 1.165) is 16.7 Å². The Morgan fingerprint density at radius 3 is 1.83 bits per heavy atom. The zero-order chi connectivity index (χ0) is 24.0. The molecule has 0 bridgehead atoms. The van der Waals surface area contributed by atoms with E-state index < -0.39 is 0 Å². The molecule has 0 aliphatic rings. The topological polar surface area (TPSA) is 91.9 Å². The van der Waals surface area contributed by atoms with Crippen molar-refractivity contribution in [3.63, 3.8) is 0 Å². The minimum atomic E-state index is 0.447. The third kappa shape index (κ3) is 4.79. The molecule has 0 aliphatic carbocycles. The molecular weight excluding hydrogens is 435 g/mol. The van der Waals surface area contributed by atoms with Crippen LogP contribution in [0.2, 0.25) is 0 Å². The van der Waals surface area contributed by atoms with E-state index in [2.05, 4.69) is 6.07 Å². The van der Waals surface area contributed by atoms with Gasteiger partial charge in [0.05, 0.1) is 11.6 Å². The van der Waals surface area contributed by atoms with Crippen molar-refractivity contribution in [2.75, 3.05) is 0 Å². The molecule has 1 N–H and O–H groups in total. The molecule has 6 nitrogen and oxygen atoms in total. The average molecular weight is 453 g/mol. The van der Waals surface area contributed by atoms with E-state index in [1.54, 1.807) is 24.3 Å². The van der Waals surface area contributed by atoms with Crippen LogP contribution < -0.4 is 4.65 Å². The van der Waals surface area contributed by atoms with Crippen LogP contribution in [0, 0.1) is 11.3 Å². The van der Waals surface area contributed by atoms with E-state index in [1.807, 2.05) is 78.9 Å². The van der Waals surface area contributed by atoms with E-state index in [0.29, 0.717) is 47.6 Å². The van der Waals surface area contributed by atoms with Crippen molar-refractivity contribution < 1.29 is 9.68 Å². The lowest BCUT2D eigenvalue weighted by Gasteiger charge is -2.11. The van der Waals surface area contributed by atoms with Crippen LogP contribution in [0.25, 0.3) is 45.3 Å². The lowest BCUT2D eigenvalue weighted by Crippen LogP contribution is -2.02. The molecule has 165 valence electrons. The lowest BCUT2D eigenvalue weighted by atomic mass is 9.98. The highest BCUT2D eigenvalue weighted by atomic mass is 16.5. The van der Waals surface area contributed by atoms with Gasteiger partial charge in [-0.05, 0) is 29.3 Å². The molecule has 1 radical (unpaired) electrons. The predicted molar refractivity (Wildman–Crippen MR) is 135 cm³/mol. The van der Waals surface area contributed by atoms with Crippen molar-refractivity contribution in [1.82, 2.24) is 15.0 Å². The third-order valence-corrected chi connectivity index (χ3v) is 5.43. The summed E-state index contributed by atoms with van der Waals surface area (Å²) in [7, 11) is 0.630. The van der Waals surface area contributed by atoms with Crippen molar-refractivity contribution >= 4 is 7.69 Å². The Bertz CT molecular complexity index is 1520. The Hall–Kier alpha value is -4.80. The van der Waals surface area contributed by atoms with Gasteiger partial charge in [-0.1, -0.05) is 84.9 Å². The number of hydrogen-bond donors (Lipinski definition) is 1. The first-order valence-corrected chi connectivity index (χ1v) is 10.9. The largest absolute Gasteiger partial charge is 0.569 e. The van der Waals surface area contributed by atoms with Gasteiger partial charge in [-0.25, -0.2) is 15.0 Å². The molecule has 5 aromatic rings. The fraction of sp³-hybridized carbons (Fsp3) is 0. The van der Waals surface area contributed by atoms with Gasteiger partial charge in [0.1, 0.15) is 5.75 Å². The highest BCUT2D eigenvalue weighted by molar-refractivity contribution is 6.17. The van der Waals surface area contributed by atoms with Gasteiger partial charge in [0.15, 0.2) is 17.5 Å². The molecular formula is C28H18BN4O2. The van der Waals surface area contributed by atoms with Gasteiger partial charge in [-0.3, -0.25) is 0 Å². The van der Waals surface area contributed by atoms with Crippen LogP contribution in [-0.4, -0.2) is 27.7 Å². The van der Waals surface area contributed by atoms with Gasteiger partial charge in [0.25, 0.3) is 0 Å². The summed E-state index contributed by atoms with van der Waals surface area (Å²) in [6.07, 6.45) is 0. The van der Waals surface area contributed by atoms with Gasteiger partial charge in [0.2, 0.25) is 0 Å². The van der Waals surface area contributed by atoms with Crippen LogP contribution in [0.5, 0.6) is 5.75 Å². The van der Waals surface area contributed by atoms with Crippen LogP contribution >= 0.6 is 0 Å². The fourth-order valence-corrected chi connectivity index (χ4v) is 3.77. The molecule has 0 aliphatic heterocycles. The van der Waals surface area contributed by atoms with Crippen molar-refractivity contribution in [3.05, 3.63) is 109 Å². The molecule has 0 fully saturated rings. The molecule has 5 rings (SSSR count). The number of aromatic nitrogens is 3. The highest BCUT2D eigenvalue weighted by Crippen LogP contribution is 2.30. The fourth-order valence-electron chi connectivity index (χ4n) is 3.77. The summed E-state index contributed by atoms with van der Waals surface area (Å²) in [6.45, 7) is 0. The molecule has 0 amide bonds. The molecule has 1 aromatic heterocycles. The number of nitriles is 1. The summed E-state index contributed by atoms with van der Waals surface area (Å²) in [4.78, 5) is 14.1. The van der Waals surface area contributed by atoms with Crippen LogP contribution in [0.3, 0.4) is 0 Å². The van der Waals surface area contributed by atoms with Gasteiger partial charge >= 0.3 is 7.69 Å². The van der Waals surface area contributed by atoms with Crippen LogP contribution in [0.1, 0.15) is 5.56 Å². The molecule has 7 heteroatoms. The van der Waals surface area contributed by atoms with Crippen molar-refractivity contribution in [3.8, 4) is 57.1 Å². The second-order valence-electron chi connectivity index (χ2n) is 7.66. The van der Waals surface area contributed by atoms with Crippen LogP contribution in [0.4, 0.5) is 0 Å². The number of rotatable bonds is 6. The van der Waals surface area contributed by atoms with E-state index in [4.69, 9.17) is 24.6 Å². The van der Waals surface area contributed by atoms with Gasteiger partial charge in [-0.15, -0.1) is 0 Å². The summed E-state index contributed by atoms with van der Waals surface area (Å²) in [6, 6.07) is 34.5. The number of hydrogen-bond acceptors (Lipinski definition) is 6. The summed E-state index contributed by atoms with van der Waals surface area (Å²) in [5.41, 5.74) is 4.60. The first kappa shape index (κ1) is 22.0. The zero-order valence-corrected chi connectivity index (χ0v) is 18.5. The maximum atomic E-state index is 9.86. The Labute approximate surface area is 203 Å². The van der Waals surface area contributed by atoms with Crippen LogP contribution in [-0.2, 0) is 0 Å². The molecule has 0 saturated carbocycles. The van der Waals surface area contributed by atoms with Gasteiger partial charge < -0.3 is 9.68 Å². The second kappa shape index (κ2) is 10.00. The molecule has 0 spiro atoms. The lowest BCUT2D eigenvalue weighted by molar-refractivity contribution is 0.454. The monoisotopic (exact) mass is 453 g/mol. The molecule has 4 aromatic carbocycles. The van der Waals surface area contributed by atoms with E-state index >= 15 is 0 Å². The van der Waals surface area contributed by atoms with E-state index in [-0.39, 0.29) is 0 Å². The van der Waals surface area contributed by atoms with Crippen molar-refractivity contribution in [2.24, 2.45) is 0 Å². The first-order valence-electron chi connectivity index (χ1n) is 10.9. The maximum Gasteiger partial charge on any atom is 0.569 e. The van der Waals surface area contributed by atoms with Crippen molar-refractivity contribution in [1.29, 1.82) is 5.26 Å². The SMILES string of the molecule is N#Cc1cc(-c2nc(-c3ccccc3)nc(-c3cccc(O[B]O)c3)n2)ccc1-c1ccccc1. The standard InChI is InChI=1S/C28H18BN4O2/c30-18-23-16-22(14-15-25(23)19-8-3-1-4-9-19)28-32-26(20-10-5-2-6-11-20)31-27(33-28)21-12-7-13-24(17-21)35-29-34/h1-17,34H. The average Bonchev–Trinajstić information content (AvgIpc) is 2.94. The Kier molecular flexibility index (Phi) is 6.29. The molecule has 0 saturated heterocycles. The summed E-state index contributed by atoms with van der Waals surface area (Å²) in [5.74, 6) is 1.86. The number of nitrogens with zero attached hydrogens (tertiary/aromatic N) is 4.